The Labute approximate surface area is 125 Å². The lowest BCUT2D eigenvalue weighted by Crippen LogP contribution is -2.48. The van der Waals surface area contributed by atoms with E-state index >= 15 is 0 Å². The van der Waals surface area contributed by atoms with Gasteiger partial charge in [0.15, 0.2) is 5.96 Å². The minimum atomic E-state index is 0.0755. The molecule has 1 aromatic rings. The van der Waals surface area contributed by atoms with Gasteiger partial charge in [-0.05, 0) is 37.1 Å². The number of piperazine rings is 1. The molecule has 1 aromatic carbocycles. The van der Waals surface area contributed by atoms with Crippen LogP contribution in [0, 0.1) is 13.8 Å². The SMILES string of the molecule is Cc1cc(C)cc(NC(N)=NCCN2CCNC(=O)C2)c1. The largest absolute Gasteiger partial charge is 0.370 e. The van der Waals surface area contributed by atoms with Gasteiger partial charge in [0.05, 0.1) is 13.1 Å². The Morgan fingerprint density at radius 2 is 2.10 bits per heavy atom. The van der Waals surface area contributed by atoms with E-state index in [-0.39, 0.29) is 5.91 Å². The zero-order valence-corrected chi connectivity index (χ0v) is 12.6. The number of amides is 1. The number of hydrogen-bond donors (Lipinski definition) is 3. The number of carbonyl (C=O) groups is 1. The molecule has 0 aromatic heterocycles. The molecule has 6 nitrogen and oxygen atoms in total. The van der Waals surface area contributed by atoms with E-state index in [0.29, 0.717) is 25.6 Å². The summed E-state index contributed by atoms with van der Waals surface area (Å²) in [5.74, 6) is 0.480. The Bertz CT molecular complexity index is 521. The molecule has 1 aliphatic rings. The van der Waals surface area contributed by atoms with Crippen LogP contribution in [-0.2, 0) is 4.79 Å². The highest BCUT2D eigenvalue weighted by Crippen LogP contribution is 2.13. The number of rotatable bonds is 4. The van der Waals surface area contributed by atoms with Crippen LogP contribution in [0.2, 0.25) is 0 Å². The number of carbonyl (C=O) groups excluding carboxylic acids is 1. The number of nitrogens with one attached hydrogen (secondary N) is 2. The third kappa shape index (κ3) is 5.07. The van der Waals surface area contributed by atoms with Crippen molar-refractivity contribution in [2.45, 2.75) is 13.8 Å². The fourth-order valence-electron chi connectivity index (χ4n) is 2.43. The third-order valence-corrected chi connectivity index (χ3v) is 3.31. The molecule has 0 unspecified atom stereocenters. The van der Waals surface area contributed by atoms with Crippen molar-refractivity contribution in [2.75, 3.05) is 38.0 Å². The smallest absolute Gasteiger partial charge is 0.234 e. The second-order valence-corrected chi connectivity index (χ2v) is 5.39. The number of guanidine groups is 1. The molecule has 1 aliphatic heterocycles. The fraction of sp³-hybridized carbons (Fsp3) is 0.467. The van der Waals surface area contributed by atoms with Crippen LogP contribution in [-0.4, -0.2) is 49.5 Å². The highest BCUT2D eigenvalue weighted by Gasteiger charge is 2.14. The van der Waals surface area contributed by atoms with Crippen molar-refractivity contribution >= 4 is 17.6 Å². The molecular weight excluding hydrogens is 266 g/mol. The van der Waals surface area contributed by atoms with Gasteiger partial charge in [-0.3, -0.25) is 14.7 Å². The number of aryl methyl sites for hydroxylation is 2. The standard InChI is InChI=1S/C15H23N5O/c1-11-7-12(2)9-13(8-11)19-15(16)18-4-6-20-5-3-17-14(21)10-20/h7-9H,3-6,10H2,1-2H3,(H,17,21)(H3,16,18,19). The predicted octanol–water partition coefficient (Wildman–Crippen LogP) is 0.462. The van der Waals surface area contributed by atoms with Crippen molar-refractivity contribution in [2.24, 2.45) is 10.7 Å². The van der Waals surface area contributed by atoms with E-state index in [9.17, 15) is 4.79 Å². The fourth-order valence-corrected chi connectivity index (χ4v) is 2.43. The average molecular weight is 289 g/mol. The molecule has 0 radical (unpaired) electrons. The topological polar surface area (TPSA) is 82.8 Å². The first-order valence-corrected chi connectivity index (χ1v) is 7.17. The summed E-state index contributed by atoms with van der Waals surface area (Å²) in [4.78, 5) is 17.6. The highest BCUT2D eigenvalue weighted by atomic mass is 16.2. The van der Waals surface area contributed by atoms with E-state index in [4.69, 9.17) is 5.73 Å². The Morgan fingerprint density at radius 3 is 2.76 bits per heavy atom. The Balaban J connectivity index is 1.82. The number of nitrogens with zero attached hydrogens (tertiary/aromatic N) is 2. The summed E-state index contributed by atoms with van der Waals surface area (Å²) in [5, 5.41) is 5.90. The van der Waals surface area contributed by atoms with Crippen molar-refractivity contribution in [3.63, 3.8) is 0 Å². The minimum absolute atomic E-state index is 0.0755. The lowest BCUT2D eigenvalue weighted by molar-refractivity contribution is -0.124. The Kier molecular flexibility index (Phi) is 5.16. The van der Waals surface area contributed by atoms with Crippen LogP contribution >= 0.6 is 0 Å². The third-order valence-electron chi connectivity index (χ3n) is 3.31. The second kappa shape index (κ2) is 7.08. The summed E-state index contributed by atoms with van der Waals surface area (Å²) < 4.78 is 0. The van der Waals surface area contributed by atoms with Crippen LogP contribution in [0.1, 0.15) is 11.1 Å². The average Bonchev–Trinajstić information content (AvgIpc) is 2.37. The molecule has 4 N–H and O–H groups in total. The molecule has 0 spiro atoms. The molecule has 1 amide bonds. The zero-order valence-electron chi connectivity index (χ0n) is 12.6. The number of anilines is 1. The lowest BCUT2D eigenvalue weighted by Gasteiger charge is -2.25. The van der Waals surface area contributed by atoms with E-state index in [0.717, 1.165) is 18.8 Å². The minimum Gasteiger partial charge on any atom is -0.370 e. The summed E-state index contributed by atoms with van der Waals surface area (Å²) in [5.41, 5.74) is 9.21. The van der Waals surface area contributed by atoms with Gasteiger partial charge < -0.3 is 16.4 Å². The van der Waals surface area contributed by atoms with E-state index in [1.165, 1.54) is 11.1 Å². The van der Waals surface area contributed by atoms with Gasteiger partial charge in [-0.1, -0.05) is 6.07 Å². The lowest BCUT2D eigenvalue weighted by atomic mass is 10.1. The zero-order chi connectivity index (χ0) is 15.2. The van der Waals surface area contributed by atoms with Crippen LogP contribution in [0.15, 0.2) is 23.2 Å². The molecule has 0 bridgehead atoms. The van der Waals surface area contributed by atoms with Crippen molar-refractivity contribution in [3.05, 3.63) is 29.3 Å². The van der Waals surface area contributed by atoms with Gasteiger partial charge in [0.1, 0.15) is 0 Å². The maximum Gasteiger partial charge on any atom is 0.234 e. The molecule has 0 aliphatic carbocycles. The van der Waals surface area contributed by atoms with Gasteiger partial charge in [-0.2, -0.15) is 0 Å². The molecule has 1 heterocycles. The molecule has 1 fully saturated rings. The number of nitrogens with two attached hydrogens (primary N) is 1. The maximum absolute atomic E-state index is 11.2. The second-order valence-electron chi connectivity index (χ2n) is 5.39. The van der Waals surface area contributed by atoms with Gasteiger partial charge in [0.2, 0.25) is 5.91 Å². The van der Waals surface area contributed by atoms with Crippen LogP contribution in [0.5, 0.6) is 0 Å². The van der Waals surface area contributed by atoms with E-state index in [2.05, 4.69) is 26.6 Å². The van der Waals surface area contributed by atoms with Crippen molar-refractivity contribution < 1.29 is 4.79 Å². The first kappa shape index (κ1) is 15.3. The molecule has 2 rings (SSSR count). The molecule has 6 heteroatoms. The number of hydrogen-bond acceptors (Lipinski definition) is 3. The molecule has 1 saturated heterocycles. The number of aliphatic imine (C=N–C) groups is 1. The van der Waals surface area contributed by atoms with Crippen LogP contribution < -0.4 is 16.4 Å². The summed E-state index contributed by atoms with van der Waals surface area (Å²) in [7, 11) is 0. The monoisotopic (exact) mass is 289 g/mol. The van der Waals surface area contributed by atoms with Gasteiger partial charge in [-0.15, -0.1) is 0 Å². The quantitative estimate of drug-likeness (QED) is 0.555. The van der Waals surface area contributed by atoms with Crippen LogP contribution in [0.4, 0.5) is 5.69 Å². The normalized spacial score (nSPS) is 16.7. The first-order valence-electron chi connectivity index (χ1n) is 7.17. The summed E-state index contributed by atoms with van der Waals surface area (Å²) in [6, 6.07) is 6.18. The van der Waals surface area contributed by atoms with Gasteiger partial charge in [0.25, 0.3) is 0 Å². The van der Waals surface area contributed by atoms with E-state index in [1.807, 2.05) is 26.0 Å². The van der Waals surface area contributed by atoms with Gasteiger partial charge >= 0.3 is 0 Å². The Morgan fingerprint density at radius 1 is 1.38 bits per heavy atom. The van der Waals surface area contributed by atoms with Gasteiger partial charge in [-0.25, -0.2) is 0 Å². The van der Waals surface area contributed by atoms with Gasteiger partial charge in [0, 0.05) is 25.3 Å². The molecule has 0 atom stereocenters. The summed E-state index contributed by atoms with van der Waals surface area (Å²) >= 11 is 0. The first-order chi connectivity index (χ1) is 10.0. The molecular formula is C15H23N5O. The summed E-state index contributed by atoms with van der Waals surface area (Å²) in [6.07, 6.45) is 0. The Hall–Kier alpha value is -2.08. The van der Waals surface area contributed by atoms with Crippen LogP contribution in [0.25, 0.3) is 0 Å². The van der Waals surface area contributed by atoms with E-state index in [1.54, 1.807) is 0 Å². The predicted molar refractivity (Wildman–Crippen MR) is 85.5 cm³/mol. The number of benzene rings is 1. The van der Waals surface area contributed by atoms with Crippen LogP contribution in [0.3, 0.4) is 0 Å². The van der Waals surface area contributed by atoms with Crippen molar-refractivity contribution in [3.8, 4) is 0 Å². The highest BCUT2D eigenvalue weighted by molar-refractivity contribution is 5.92. The molecule has 21 heavy (non-hydrogen) atoms. The summed E-state index contributed by atoms with van der Waals surface area (Å²) in [6.45, 7) is 7.43. The van der Waals surface area contributed by atoms with E-state index < -0.39 is 0 Å². The molecule has 114 valence electrons. The molecule has 0 saturated carbocycles. The maximum atomic E-state index is 11.2. The van der Waals surface area contributed by atoms with Crippen molar-refractivity contribution in [1.82, 2.24) is 10.2 Å². The van der Waals surface area contributed by atoms with Crippen molar-refractivity contribution in [1.29, 1.82) is 0 Å².